The Balaban J connectivity index is 1.43. The number of aromatic nitrogens is 2. The van der Waals surface area contributed by atoms with Crippen molar-refractivity contribution in [1.29, 1.82) is 0 Å². The van der Waals surface area contributed by atoms with Crippen LogP contribution >= 0.6 is 0 Å². The third kappa shape index (κ3) is 4.11. The lowest BCUT2D eigenvalue weighted by Crippen LogP contribution is -2.24. The average molecular weight is 376 g/mol. The SMILES string of the molecule is CCn1c(CCc2cccc(NC(=O)C3CCCCC3)c2)nc2ccccc21. The van der Waals surface area contributed by atoms with Crippen LogP contribution in [0.15, 0.2) is 48.5 Å². The van der Waals surface area contributed by atoms with Crippen LogP contribution in [-0.2, 0) is 24.2 Å². The highest BCUT2D eigenvalue weighted by atomic mass is 16.1. The normalized spacial score (nSPS) is 15.0. The van der Waals surface area contributed by atoms with Gasteiger partial charge in [-0.05, 0) is 56.0 Å². The number of hydrogen-bond donors (Lipinski definition) is 1. The van der Waals surface area contributed by atoms with E-state index >= 15 is 0 Å². The van der Waals surface area contributed by atoms with Crippen molar-refractivity contribution in [3.63, 3.8) is 0 Å². The number of anilines is 1. The third-order valence-electron chi connectivity index (χ3n) is 5.86. The van der Waals surface area contributed by atoms with Crippen molar-refractivity contribution >= 4 is 22.6 Å². The molecule has 1 heterocycles. The predicted octanol–water partition coefficient (Wildman–Crippen LogP) is 5.36. The quantitative estimate of drug-likeness (QED) is 0.630. The first-order chi connectivity index (χ1) is 13.7. The van der Waals surface area contributed by atoms with Crippen molar-refractivity contribution in [2.45, 2.75) is 58.4 Å². The van der Waals surface area contributed by atoms with Gasteiger partial charge < -0.3 is 9.88 Å². The smallest absolute Gasteiger partial charge is 0.227 e. The van der Waals surface area contributed by atoms with Crippen molar-refractivity contribution in [1.82, 2.24) is 9.55 Å². The zero-order valence-electron chi connectivity index (χ0n) is 16.7. The van der Waals surface area contributed by atoms with Crippen LogP contribution in [0.5, 0.6) is 0 Å². The van der Waals surface area contributed by atoms with Crippen LogP contribution in [0.4, 0.5) is 5.69 Å². The maximum absolute atomic E-state index is 12.5. The molecule has 28 heavy (non-hydrogen) atoms. The van der Waals surface area contributed by atoms with E-state index in [9.17, 15) is 4.79 Å². The van der Waals surface area contributed by atoms with Gasteiger partial charge in [-0.25, -0.2) is 4.98 Å². The number of rotatable bonds is 6. The van der Waals surface area contributed by atoms with Crippen LogP contribution < -0.4 is 5.32 Å². The first-order valence-electron chi connectivity index (χ1n) is 10.6. The van der Waals surface area contributed by atoms with E-state index in [1.807, 2.05) is 18.2 Å². The number of aryl methyl sites for hydroxylation is 3. The van der Waals surface area contributed by atoms with Crippen LogP contribution in [-0.4, -0.2) is 15.5 Å². The molecule has 4 nitrogen and oxygen atoms in total. The summed E-state index contributed by atoms with van der Waals surface area (Å²) in [6.45, 7) is 3.09. The number of amides is 1. The van der Waals surface area contributed by atoms with Gasteiger partial charge in [-0.15, -0.1) is 0 Å². The van der Waals surface area contributed by atoms with Gasteiger partial charge in [0, 0.05) is 24.6 Å². The Kier molecular flexibility index (Phi) is 5.75. The summed E-state index contributed by atoms with van der Waals surface area (Å²) in [5.74, 6) is 1.49. The molecule has 1 aromatic heterocycles. The fourth-order valence-corrected chi connectivity index (χ4v) is 4.34. The first-order valence-corrected chi connectivity index (χ1v) is 10.6. The van der Waals surface area contributed by atoms with Gasteiger partial charge in [-0.1, -0.05) is 43.5 Å². The minimum absolute atomic E-state index is 0.182. The number of carbonyl (C=O) groups excluding carboxylic acids is 1. The highest BCUT2D eigenvalue weighted by Gasteiger charge is 2.21. The molecule has 0 saturated heterocycles. The summed E-state index contributed by atoms with van der Waals surface area (Å²) in [5.41, 5.74) is 4.41. The zero-order valence-corrected chi connectivity index (χ0v) is 16.7. The number of imidazole rings is 1. The van der Waals surface area contributed by atoms with Crippen molar-refractivity contribution in [2.24, 2.45) is 5.92 Å². The van der Waals surface area contributed by atoms with E-state index in [1.165, 1.54) is 30.3 Å². The largest absolute Gasteiger partial charge is 0.328 e. The van der Waals surface area contributed by atoms with Gasteiger partial charge in [-0.2, -0.15) is 0 Å². The van der Waals surface area contributed by atoms with Crippen LogP contribution in [0.2, 0.25) is 0 Å². The van der Waals surface area contributed by atoms with E-state index in [0.717, 1.165) is 49.3 Å². The lowest BCUT2D eigenvalue weighted by Gasteiger charge is -2.20. The van der Waals surface area contributed by atoms with Gasteiger partial charge in [0.25, 0.3) is 0 Å². The fraction of sp³-hybridized carbons (Fsp3) is 0.417. The molecule has 0 atom stereocenters. The molecule has 0 spiro atoms. The molecule has 1 aliphatic rings. The minimum Gasteiger partial charge on any atom is -0.328 e. The molecule has 0 radical (unpaired) electrons. The average Bonchev–Trinajstić information content (AvgIpc) is 3.10. The Labute approximate surface area is 167 Å². The molecule has 4 rings (SSSR count). The standard InChI is InChI=1S/C24H29N3O/c1-2-27-22-14-7-6-13-21(22)26-23(27)16-15-18-9-8-12-20(17-18)25-24(28)19-10-4-3-5-11-19/h6-9,12-14,17,19H,2-5,10-11,15-16H2,1H3,(H,25,28). The zero-order chi connectivity index (χ0) is 19.3. The number of para-hydroxylation sites is 2. The second-order valence-electron chi connectivity index (χ2n) is 7.79. The van der Waals surface area contributed by atoms with Crippen LogP contribution in [0.25, 0.3) is 11.0 Å². The number of nitrogens with zero attached hydrogens (tertiary/aromatic N) is 2. The third-order valence-corrected chi connectivity index (χ3v) is 5.86. The number of hydrogen-bond acceptors (Lipinski definition) is 2. The molecule has 146 valence electrons. The molecule has 3 aromatic rings. The van der Waals surface area contributed by atoms with E-state index in [2.05, 4.69) is 47.1 Å². The molecular weight excluding hydrogens is 346 g/mol. The predicted molar refractivity (Wildman–Crippen MR) is 114 cm³/mol. The summed E-state index contributed by atoms with van der Waals surface area (Å²) in [6.07, 6.45) is 7.48. The molecule has 1 fully saturated rings. The maximum atomic E-state index is 12.5. The van der Waals surface area contributed by atoms with E-state index in [-0.39, 0.29) is 11.8 Å². The topological polar surface area (TPSA) is 46.9 Å². The summed E-state index contributed by atoms with van der Waals surface area (Å²) >= 11 is 0. The van der Waals surface area contributed by atoms with Gasteiger partial charge in [-0.3, -0.25) is 4.79 Å². The van der Waals surface area contributed by atoms with Crippen LogP contribution in [0.3, 0.4) is 0 Å². The van der Waals surface area contributed by atoms with Gasteiger partial charge in [0.1, 0.15) is 5.82 Å². The van der Waals surface area contributed by atoms with Crippen LogP contribution in [0.1, 0.15) is 50.4 Å². The molecule has 1 amide bonds. The lowest BCUT2D eigenvalue weighted by atomic mass is 9.88. The first kappa shape index (κ1) is 18.7. The Morgan fingerprint density at radius 2 is 1.89 bits per heavy atom. The summed E-state index contributed by atoms with van der Waals surface area (Å²) < 4.78 is 2.30. The fourth-order valence-electron chi connectivity index (χ4n) is 4.34. The number of carbonyl (C=O) groups is 1. The Morgan fingerprint density at radius 3 is 2.71 bits per heavy atom. The Morgan fingerprint density at radius 1 is 1.07 bits per heavy atom. The van der Waals surface area contributed by atoms with E-state index in [1.54, 1.807) is 0 Å². The molecule has 0 aliphatic heterocycles. The highest BCUT2D eigenvalue weighted by Crippen LogP contribution is 2.25. The summed E-state index contributed by atoms with van der Waals surface area (Å²) in [4.78, 5) is 17.3. The van der Waals surface area contributed by atoms with E-state index in [0.29, 0.717) is 0 Å². The van der Waals surface area contributed by atoms with Crippen molar-refractivity contribution < 1.29 is 4.79 Å². The maximum Gasteiger partial charge on any atom is 0.227 e. The van der Waals surface area contributed by atoms with E-state index in [4.69, 9.17) is 4.98 Å². The highest BCUT2D eigenvalue weighted by molar-refractivity contribution is 5.92. The minimum atomic E-state index is 0.182. The number of nitrogens with one attached hydrogen (secondary N) is 1. The second kappa shape index (κ2) is 8.59. The summed E-state index contributed by atoms with van der Waals surface area (Å²) in [7, 11) is 0. The molecule has 1 N–H and O–H groups in total. The molecule has 1 aliphatic carbocycles. The van der Waals surface area contributed by atoms with Crippen molar-refractivity contribution in [2.75, 3.05) is 5.32 Å². The number of benzene rings is 2. The van der Waals surface area contributed by atoms with Gasteiger partial charge in [0.15, 0.2) is 0 Å². The number of fused-ring (bicyclic) bond motifs is 1. The van der Waals surface area contributed by atoms with Gasteiger partial charge >= 0.3 is 0 Å². The molecule has 1 saturated carbocycles. The van der Waals surface area contributed by atoms with E-state index < -0.39 is 0 Å². The monoisotopic (exact) mass is 375 g/mol. The molecular formula is C24H29N3O. The van der Waals surface area contributed by atoms with Crippen LogP contribution in [0, 0.1) is 5.92 Å². The lowest BCUT2D eigenvalue weighted by molar-refractivity contribution is -0.120. The Bertz CT molecular complexity index is 953. The second-order valence-corrected chi connectivity index (χ2v) is 7.79. The van der Waals surface area contributed by atoms with Crippen molar-refractivity contribution in [3.05, 3.63) is 59.9 Å². The van der Waals surface area contributed by atoms with Crippen molar-refractivity contribution in [3.8, 4) is 0 Å². The molecule has 0 bridgehead atoms. The molecule has 2 aromatic carbocycles. The molecule has 4 heteroatoms. The summed E-state index contributed by atoms with van der Waals surface area (Å²) in [6, 6.07) is 16.6. The Hall–Kier alpha value is -2.62. The van der Waals surface area contributed by atoms with Gasteiger partial charge in [0.05, 0.1) is 11.0 Å². The summed E-state index contributed by atoms with van der Waals surface area (Å²) in [5, 5.41) is 3.13. The van der Waals surface area contributed by atoms with Gasteiger partial charge in [0.2, 0.25) is 5.91 Å². The molecule has 0 unspecified atom stereocenters.